The number of nitrogens with one attached hydrogen (secondary N) is 2. The van der Waals surface area contributed by atoms with Gasteiger partial charge in [-0.2, -0.15) is 0 Å². The van der Waals surface area contributed by atoms with Crippen molar-refractivity contribution < 1.29 is 0 Å². The van der Waals surface area contributed by atoms with Crippen molar-refractivity contribution in [1.29, 1.82) is 0 Å². The zero-order valence-corrected chi connectivity index (χ0v) is 9.00. The number of nitrogen functional groups attached to an aromatic ring is 1. The average Bonchev–Trinajstić information content (AvgIpc) is 2.25. The molecule has 6 N–H and O–H groups in total. The molecule has 84 valence electrons. The Labute approximate surface area is 88.1 Å². The second-order valence-electron chi connectivity index (χ2n) is 3.74. The Morgan fingerprint density at radius 2 is 2.33 bits per heavy atom. The largest absolute Gasteiger partial charge is 0.391 e. The lowest BCUT2D eigenvalue weighted by atomic mass is 9.99. The van der Waals surface area contributed by atoms with Crippen molar-refractivity contribution in [3.8, 4) is 0 Å². The minimum Gasteiger partial charge on any atom is -0.391 e. The number of hydrogen-bond donors (Lipinski definition) is 4. The third kappa shape index (κ3) is 2.47. The van der Waals surface area contributed by atoms with Crippen LogP contribution in [0.15, 0.2) is 11.1 Å². The molecule has 1 unspecified atom stereocenters. The van der Waals surface area contributed by atoms with E-state index >= 15 is 0 Å². The van der Waals surface area contributed by atoms with Crippen molar-refractivity contribution in [2.75, 3.05) is 17.6 Å². The second kappa shape index (κ2) is 4.31. The molecule has 1 atom stereocenters. The molecule has 0 radical (unpaired) electrons. The molecule has 0 aromatic carbocycles. The van der Waals surface area contributed by atoms with E-state index < -0.39 is 0 Å². The number of nitrogens with zero attached hydrogens (tertiary/aromatic N) is 1. The SMILES string of the molecule is CCC(C)(CN)Nc1nc[nH]c(=O)c1N. The average molecular weight is 211 g/mol. The predicted molar refractivity (Wildman–Crippen MR) is 60.6 cm³/mol. The molecule has 0 aliphatic heterocycles. The van der Waals surface area contributed by atoms with Crippen LogP contribution in [-0.2, 0) is 0 Å². The fraction of sp³-hybridized carbons (Fsp3) is 0.556. The van der Waals surface area contributed by atoms with E-state index in [0.717, 1.165) is 6.42 Å². The number of aromatic amines is 1. The lowest BCUT2D eigenvalue weighted by molar-refractivity contribution is 0.504. The molecule has 0 amide bonds. The molecule has 0 aliphatic carbocycles. The lowest BCUT2D eigenvalue weighted by Crippen LogP contribution is -2.42. The van der Waals surface area contributed by atoms with Gasteiger partial charge in [-0.3, -0.25) is 4.79 Å². The van der Waals surface area contributed by atoms with Gasteiger partial charge in [0.15, 0.2) is 5.82 Å². The number of rotatable bonds is 4. The van der Waals surface area contributed by atoms with Crippen LogP contribution in [0, 0.1) is 0 Å². The minimum atomic E-state index is -0.344. The van der Waals surface area contributed by atoms with E-state index in [2.05, 4.69) is 15.3 Å². The van der Waals surface area contributed by atoms with Gasteiger partial charge in [-0.05, 0) is 13.3 Å². The van der Waals surface area contributed by atoms with Crippen LogP contribution >= 0.6 is 0 Å². The maximum absolute atomic E-state index is 11.2. The molecule has 1 rings (SSSR count). The van der Waals surface area contributed by atoms with E-state index in [-0.39, 0.29) is 16.8 Å². The van der Waals surface area contributed by atoms with Crippen LogP contribution in [0.5, 0.6) is 0 Å². The molecular formula is C9H17N5O. The van der Waals surface area contributed by atoms with Gasteiger partial charge in [0.2, 0.25) is 0 Å². The highest BCUT2D eigenvalue weighted by atomic mass is 16.1. The normalized spacial score (nSPS) is 14.6. The summed E-state index contributed by atoms with van der Waals surface area (Å²) in [5.41, 5.74) is 10.7. The maximum atomic E-state index is 11.2. The first kappa shape index (κ1) is 11.5. The predicted octanol–water partition coefficient (Wildman–Crippen LogP) is -0.109. The van der Waals surface area contributed by atoms with Gasteiger partial charge in [-0.25, -0.2) is 4.98 Å². The van der Waals surface area contributed by atoms with Crippen molar-refractivity contribution in [2.24, 2.45) is 5.73 Å². The summed E-state index contributed by atoms with van der Waals surface area (Å²) in [5, 5.41) is 3.08. The van der Waals surface area contributed by atoms with E-state index in [1.807, 2.05) is 13.8 Å². The first-order valence-corrected chi connectivity index (χ1v) is 4.84. The topological polar surface area (TPSA) is 110 Å². The van der Waals surface area contributed by atoms with E-state index in [4.69, 9.17) is 11.5 Å². The molecular weight excluding hydrogens is 194 g/mol. The minimum absolute atomic E-state index is 0.0885. The number of nitrogens with two attached hydrogens (primary N) is 2. The summed E-state index contributed by atoms with van der Waals surface area (Å²) in [6, 6.07) is 0. The van der Waals surface area contributed by atoms with Gasteiger partial charge in [-0.15, -0.1) is 0 Å². The third-order valence-electron chi connectivity index (χ3n) is 2.54. The van der Waals surface area contributed by atoms with Crippen LogP contribution < -0.4 is 22.3 Å². The quantitative estimate of drug-likeness (QED) is 0.555. The highest BCUT2D eigenvalue weighted by molar-refractivity contribution is 5.60. The summed E-state index contributed by atoms with van der Waals surface area (Å²) in [7, 11) is 0. The molecule has 0 aliphatic rings. The molecule has 0 saturated carbocycles. The Hall–Kier alpha value is -1.56. The van der Waals surface area contributed by atoms with Crippen LogP contribution in [-0.4, -0.2) is 22.1 Å². The Morgan fingerprint density at radius 1 is 1.67 bits per heavy atom. The van der Waals surface area contributed by atoms with Gasteiger partial charge in [0.1, 0.15) is 5.69 Å². The molecule has 0 bridgehead atoms. The standard InChI is InChI=1S/C9H17N5O/c1-3-9(2,4-10)14-7-6(11)8(15)13-5-12-7/h5H,3-4,10-11H2,1-2H3,(H2,12,13,14,15). The van der Waals surface area contributed by atoms with Crippen LogP contribution in [0.25, 0.3) is 0 Å². The van der Waals surface area contributed by atoms with Gasteiger partial charge < -0.3 is 21.8 Å². The summed E-state index contributed by atoms with van der Waals surface area (Å²) < 4.78 is 0. The summed E-state index contributed by atoms with van der Waals surface area (Å²) in [6.07, 6.45) is 2.13. The Kier molecular flexibility index (Phi) is 3.31. The summed E-state index contributed by atoms with van der Waals surface area (Å²) in [4.78, 5) is 17.6. The molecule has 0 saturated heterocycles. The van der Waals surface area contributed by atoms with Crippen molar-refractivity contribution in [1.82, 2.24) is 9.97 Å². The van der Waals surface area contributed by atoms with E-state index in [1.54, 1.807) is 0 Å². The first-order valence-electron chi connectivity index (χ1n) is 4.84. The zero-order chi connectivity index (χ0) is 11.5. The van der Waals surface area contributed by atoms with Crippen molar-refractivity contribution >= 4 is 11.5 Å². The van der Waals surface area contributed by atoms with Crippen LogP contribution in [0.3, 0.4) is 0 Å². The van der Waals surface area contributed by atoms with Gasteiger partial charge in [0, 0.05) is 12.1 Å². The number of H-pyrrole nitrogens is 1. The molecule has 1 heterocycles. The molecule has 1 aromatic rings. The van der Waals surface area contributed by atoms with Crippen LogP contribution in [0.2, 0.25) is 0 Å². The molecule has 6 nitrogen and oxygen atoms in total. The summed E-state index contributed by atoms with van der Waals surface area (Å²) in [6.45, 7) is 4.40. The maximum Gasteiger partial charge on any atom is 0.276 e. The van der Waals surface area contributed by atoms with Gasteiger partial charge in [0.05, 0.1) is 6.33 Å². The monoisotopic (exact) mass is 211 g/mol. The van der Waals surface area contributed by atoms with E-state index in [1.165, 1.54) is 6.33 Å². The molecule has 6 heteroatoms. The lowest BCUT2D eigenvalue weighted by Gasteiger charge is -2.28. The van der Waals surface area contributed by atoms with Crippen LogP contribution in [0.1, 0.15) is 20.3 Å². The number of aromatic nitrogens is 2. The molecule has 0 fully saturated rings. The van der Waals surface area contributed by atoms with Gasteiger partial charge in [0.25, 0.3) is 5.56 Å². The molecule has 0 spiro atoms. The number of hydrogen-bond acceptors (Lipinski definition) is 5. The van der Waals surface area contributed by atoms with Crippen LogP contribution in [0.4, 0.5) is 11.5 Å². The Morgan fingerprint density at radius 3 is 2.87 bits per heavy atom. The summed E-state index contributed by atoms with van der Waals surface area (Å²) >= 11 is 0. The first-order chi connectivity index (χ1) is 7.02. The fourth-order valence-corrected chi connectivity index (χ4v) is 1.08. The van der Waals surface area contributed by atoms with Gasteiger partial charge in [-0.1, -0.05) is 6.92 Å². The Balaban J connectivity index is 2.99. The third-order valence-corrected chi connectivity index (χ3v) is 2.54. The van der Waals surface area contributed by atoms with Crippen molar-refractivity contribution in [3.05, 3.63) is 16.7 Å². The number of anilines is 2. The zero-order valence-electron chi connectivity index (χ0n) is 9.00. The highest BCUT2D eigenvalue weighted by Gasteiger charge is 2.21. The van der Waals surface area contributed by atoms with Crippen molar-refractivity contribution in [3.63, 3.8) is 0 Å². The summed E-state index contributed by atoms with van der Waals surface area (Å²) in [5.74, 6) is 0.383. The van der Waals surface area contributed by atoms with E-state index in [9.17, 15) is 4.79 Å². The highest BCUT2D eigenvalue weighted by Crippen LogP contribution is 2.17. The molecule has 15 heavy (non-hydrogen) atoms. The van der Waals surface area contributed by atoms with Gasteiger partial charge >= 0.3 is 0 Å². The smallest absolute Gasteiger partial charge is 0.276 e. The second-order valence-corrected chi connectivity index (χ2v) is 3.74. The fourth-order valence-electron chi connectivity index (χ4n) is 1.08. The van der Waals surface area contributed by atoms with E-state index in [0.29, 0.717) is 12.4 Å². The van der Waals surface area contributed by atoms with Crippen molar-refractivity contribution in [2.45, 2.75) is 25.8 Å². The Bertz CT molecular complexity index is 382. The molecule has 1 aromatic heterocycles.